The fraction of sp³-hybridized carbons (Fsp3) is 0.100. The minimum atomic E-state index is -0.562. The van der Waals surface area contributed by atoms with E-state index in [0.29, 0.717) is 0 Å². The quantitative estimate of drug-likeness (QED) is 0.437. The maximum absolute atomic E-state index is 3.89. The molecule has 0 heterocycles. The molecule has 0 fully saturated rings. The highest BCUT2D eigenvalue weighted by Crippen LogP contribution is 2.43. The maximum Gasteiger partial charge on any atom is 0.0175 e. The molecule has 0 saturated carbocycles. The van der Waals surface area contributed by atoms with E-state index in [4.69, 9.17) is 0 Å². The molecule has 0 spiro atoms. The third-order valence-electron chi connectivity index (χ3n) is 3.17. The second-order valence-corrected chi connectivity index (χ2v) is 7.92. The number of hydrogen-bond donors (Lipinski definition) is 0. The van der Waals surface area contributed by atoms with E-state index < -0.39 is 7.92 Å². The van der Waals surface area contributed by atoms with E-state index in [-0.39, 0.29) is 0 Å². The summed E-state index contributed by atoms with van der Waals surface area (Å²) >= 11 is 3.52. The Balaban J connectivity index is 2.54. The summed E-state index contributed by atoms with van der Waals surface area (Å²) in [7, 11) is -0.562. The summed E-state index contributed by atoms with van der Waals surface area (Å²) in [4.78, 5) is 0. The Morgan fingerprint density at radius 1 is 1.05 bits per heavy atom. The van der Waals surface area contributed by atoms with Gasteiger partial charge in [-0.3, -0.25) is 0 Å². The van der Waals surface area contributed by atoms with Crippen molar-refractivity contribution in [3.63, 3.8) is 0 Å². The van der Waals surface area contributed by atoms with Crippen molar-refractivity contribution in [3.05, 3.63) is 95.3 Å². The van der Waals surface area contributed by atoms with Crippen LogP contribution >= 0.6 is 23.9 Å². The lowest BCUT2D eigenvalue weighted by Crippen LogP contribution is -2.12. The van der Waals surface area contributed by atoms with Crippen molar-refractivity contribution in [1.82, 2.24) is 0 Å². The summed E-state index contributed by atoms with van der Waals surface area (Å²) in [6.45, 7) is 6.04. The van der Waals surface area contributed by atoms with Crippen molar-refractivity contribution in [2.45, 2.75) is 13.3 Å². The van der Waals surface area contributed by atoms with Gasteiger partial charge in [0, 0.05) is 4.47 Å². The molecule has 22 heavy (non-hydrogen) atoms. The molecule has 2 rings (SSSR count). The SMILES string of the molecule is C=C/C=C(\C=C/CC)P(c1ccccc1)c1ccc(Br)cc1. The van der Waals surface area contributed by atoms with E-state index >= 15 is 0 Å². The molecule has 0 aliphatic heterocycles. The fourth-order valence-electron chi connectivity index (χ4n) is 2.18. The minimum Gasteiger partial charge on any atom is -0.0990 e. The van der Waals surface area contributed by atoms with Gasteiger partial charge in [-0.25, -0.2) is 0 Å². The third kappa shape index (κ3) is 4.53. The second-order valence-electron chi connectivity index (χ2n) is 4.79. The molecular weight excluding hydrogens is 351 g/mol. The zero-order valence-electron chi connectivity index (χ0n) is 12.7. The first-order valence-corrected chi connectivity index (χ1v) is 9.49. The van der Waals surface area contributed by atoms with Gasteiger partial charge in [-0.05, 0) is 42.4 Å². The van der Waals surface area contributed by atoms with Gasteiger partial charge in [0.2, 0.25) is 0 Å². The van der Waals surface area contributed by atoms with Crippen LogP contribution in [0.3, 0.4) is 0 Å². The highest BCUT2D eigenvalue weighted by molar-refractivity contribution is 9.10. The molecule has 112 valence electrons. The number of benzene rings is 2. The molecule has 0 nitrogen and oxygen atoms in total. The predicted octanol–water partition coefficient (Wildman–Crippen LogP) is 5.92. The molecule has 0 aromatic heterocycles. The van der Waals surface area contributed by atoms with Gasteiger partial charge in [0.1, 0.15) is 0 Å². The molecule has 2 aromatic carbocycles. The van der Waals surface area contributed by atoms with Crippen molar-refractivity contribution in [2.24, 2.45) is 0 Å². The Hall–Kier alpha value is -1.43. The standard InChI is InChI=1S/C20H20BrP/c1-3-5-10-18(9-4-2)22(19-11-7-6-8-12-19)20-15-13-17(21)14-16-20/h4-16H,2-3H2,1H3/b10-5-,18-9+. The molecule has 0 N–H and O–H groups in total. The number of hydrogen-bond acceptors (Lipinski definition) is 0. The van der Waals surface area contributed by atoms with Gasteiger partial charge in [-0.15, -0.1) is 0 Å². The highest BCUT2D eigenvalue weighted by atomic mass is 79.9. The van der Waals surface area contributed by atoms with Crippen LogP contribution in [0.15, 0.2) is 95.3 Å². The lowest BCUT2D eigenvalue weighted by Gasteiger charge is -2.20. The number of rotatable bonds is 6. The molecule has 0 amide bonds. The Bertz CT molecular complexity index is 654. The van der Waals surface area contributed by atoms with Gasteiger partial charge in [0.15, 0.2) is 0 Å². The van der Waals surface area contributed by atoms with Crippen molar-refractivity contribution >= 4 is 34.5 Å². The molecule has 0 radical (unpaired) electrons. The number of allylic oxidation sites excluding steroid dienone is 5. The average Bonchev–Trinajstić information content (AvgIpc) is 2.55. The largest absolute Gasteiger partial charge is 0.0990 e. The van der Waals surface area contributed by atoms with Gasteiger partial charge in [-0.2, -0.15) is 0 Å². The summed E-state index contributed by atoms with van der Waals surface area (Å²) in [6, 6.07) is 19.4. The van der Waals surface area contributed by atoms with E-state index in [9.17, 15) is 0 Å². The van der Waals surface area contributed by atoms with Gasteiger partial charge in [-0.1, -0.05) is 96.2 Å². The van der Waals surface area contributed by atoms with E-state index in [1.807, 2.05) is 6.08 Å². The lowest BCUT2D eigenvalue weighted by atomic mass is 10.3. The zero-order chi connectivity index (χ0) is 15.8. The van der Waals surface area contributed by atoms with Crippen LogP contribution in [0.5, 0.6) is 0 Å². The summed E-state index contributed by atoms with van der Waals surface area (Å²) in [5.74, 6) is 0. The Morgan fingerprint density at radius 3 is 2.27 bits per heavy atom. The first-order valence-electron chi connectivity index (χ1n) is 7.36. The molecule has 1 unspecified atom stereocenters. The molecule has 0 saturated heterocycles. The monoisotopic (exact) mass is 370 g/mol. The Morgan fingerprint density at radius 2 is 1.68 bits per heavy atom. The van der Waals surface area contributed by atoms with E-state index in [2.05, 4.69) is 102 Å². The van der Waals surface area contributed by atoms with Crippen LogP contribution in [0, 0.1) is 0 Å². The highest BCUT2D eigenvalue weighted by Gasteiger charge is 2.16. The van der Waals surface area contributed by atoms with Crippen molar-refractivity contribution in [2.75, 3.05) is 0 Å². The fourth-order valence-corrected chi connectivity index (χ4v) is 4.76. The van der Waals surface area contributed by atoms with Crippen LogP contribution in [-0.4, -0.2) is 0 Å². The topological polar surface area (TPSA) is 0 Å². The van der Waals surface area contributed by atoms with Crippen molar-refractivity contribution < 1.29 is 0 Å². The first kappa shape index (κ1) is 16.9. The Labute approximate surface area is 143 Å². The smallest absolute Gasteiger partial charge is 0.0175 e. The van der Waals surface area contributed by atoms with Crippen molar-refractivity contribution in [1.29, 1.82) is 0 Å². The first-order chi connectivity index (χ1) is 10.8. The van der Waals surface area contributed by atoms with Crippen LogP contribution in [-0.2, 0) is 0 Å². The van der Waals surface area contributed by atoms with Crippen LogP contribution in [0.1, 0.15) is 13.3 Å². The minimum absolute atomic E-state index is 0.562. The predicted molar refractivity (Wildman–Crippen MR) is 104 cm³/mol. The molecule has 0 aliphatic carbocycles. The van der Waals surface area contributed by atoms with Crippen LogP contribution in [0.4, 0.5) is 0 Å². The third-order valence-corrected chi connectivity index (χ3v) is 6.14. The normalized spacial score (nSPS) is 13.3. The molecule has 1 atom stereocenters. The van der Waals surface area contributed by atoms with E-state index in [0.717, 1.165) is 10.9 Å². The Kier molecular flexibility index (Phi) is 6.83. The average molecular weight is 371 g/mol. The van der Waals surface area contributed by atoms with Gasteiger partial charge < -0.3 is 0 Å². The molecule has 2 heteroatoms. The summed E-state index contributed by atoms with van der Waals surface area (Å²) in [5.41, 5.74) is 0. The maximum atomic E-state index is 3.89. The molecular formula is C20H20BrP. The second kappa shape index (κ2) is 8.88. The van der Waals surface area contributed by atoms with Gasteiger partial charge in [0.05, 0.1) is 0 Å². The summed E-state index contributed by atoms with van der Waals surface area (Å²) in [6.07, 6.45) is 9.50. The van der Waals surface area contributed by atoms with E-state index in [1.54, 1.807) is 0 Å². The zero-order valence-corrected chi connectivity index (χ0v) is 15.2. The lowest BCUT2D eigenvalue weighted by molar-refractivity contribution is 1.22. The van der Waals surface area contributed by atoms with E-state index in [1.165, 1.54) is 15.9 Å². The van der Waals surface area contributed by atoms with Crippen LogP contribution in [0.2, 0.25) is 0 Å². The molecule has 2 aromatic rings. The van der Waals surface area contributed by atoms with Gasteiger partial charge in [0.25, 0.3) is 0 Å². The number of halogens is 1. The molecule has 0 aliphatic rings. The summed E-state index contributed by atoms with van der Waals surface area (Å²) < 4.78 is 1.11. The van der Waals surface area contributed by atoms with Crippen molar-refractivity contribution in [3.8, 4) is 0 Å². The van der Waals surface area contributed by atoms with Crippen LogP contribution < -0.4 is 10.6 Å². The van der Waals surface area contributed by atoms with Crippen LogP contribution in [0.25, 0.3) is 0 Å². The molecule has 0 bridgehead atoms. The van der Waals surface area contributed by atoms with Gasteiger partial charge >= 0.3 is 0 Å². The summed E-state index contributed by atoms with van der Waals surface area (Å²) in [5, 5.41) is 4.02.